The lowest BCUT2D eigenvalue weighted by atomic mass is 9.88. The highest BCUT2D eigenvalue weighted by Crippen LogP contribution is 2.32. The van der Waals surface area contributed by atoms with Crippen molar-refractivity contribution in [1.82, 2.24) is 5.01 Å². The van der Waals surface area contributed by atoms with Gasteiger partial charge in [0.05, 0.1) is 5.54 Å². The molecule has 3 rings (SSSR count). The van der Waals surface area contributed by atoms with Gasteiger partial charge in [-0.05, 0) is 54.7 Å². The molecule has 0 saturated heterocycles. The lowest BCUT2D eigenvalue weighted by Gasteiger charge is -2.36. The number of halogens is 1. The molecule has 130 valence electrons. The fourth-order valence-corrected chi connectivity index (χ4v) is 3.56. The van der Waals surface area contributed by atoms with E-state index in [9.17, 15) is 0 Å². The normalized spacial score (nSPS) is 12.0. The zero-order valence-corrected chi connectivity index (χ0v) is 15.6. The molecule has 3 aromatic carbocycles. The molecule has 0 aromatic heterocycles. The zero-order valence-electron chi connectivity index (χ0n) is 14.9. The summed E-state index contributed by atoms with van der Waals surface area (Å²) < 4.78 is 0. The summed E-state index contributed by atoms with van der Waals surface area (Å²) in [5.41, 5.74) is 2.19. The molecule has 0 saturated carbocycles. The third-order valence-corrected chi connectivity index (χ3v) is 5.34. The van der Waals surface area contributed by atoms with Crippen molar-refractivity contribution in [1.29, 1.82) is 0 Å². The summed E-state index contributed by atoms with van der Waals surface area (Å²) in [4.78, 5) is 0. The van der Waals surface area contributed by atoms with Crippen LogP contribution in [-0.2, 0) is 12.0 Å². The van der Waals surface area contributed by atoms with Crippen LogP contribution >= 0.6 is 11.6 Å². The van der Waals surface area contributed by atoms with Gasteiger partial charge < -0.3 is 0 Å². The Hall–Kier alpha value is -1.87. The maximum atomic E-state index is 6.48. The molecule has 0 atom stereocenters. The summed E-state index contributed by atoms with van der Waals surface area (Å²) in [5.74, 6) is 6.48. The van der Waals surface area contributed by atoms with Crippen LogP contribution < -0.4 is 5.84 Å². The van der Waals surface area contributed by atoms with E-state index < -0.39 is 0 Å². The van der Waals surface area contributed by atoms with E-state index in [0.29, 0.717) is 0 Å². The third-order valence-electron chi connectivity index (χ3n) is 4.97. The molecule has 3 heteroatoms. The Bertz CT molecular complexity index is 852. The Balaban J connectivity index is 1.74. The molecule has 0 aliphatic rings. The lowest BCUT2D eigenvalue weighted by Crippen LogP contribution is -2.47. The van der Waals surface area contributed by atoms with Gasteiger partial charge in [-0.1, -0.05) is 72.3 Å². The molecule has 0 heterocycles. The third kappa shape index (κ3) is 3.87. The van der Waals surface area contributed by atoms with E-state index in [1.165, 1.54) is 21.9 Å². The first-order valence-electron chi connectivity index (χ1n) is 8.74. The number of fused-ring (bicyclic) bond motifs is 1. The molecule has 0 amide bonds. The van der Waals surface area contributed by atoms with Gasteiger partial charge in [-0.2, -0.15) is 0 Å². The second-order valence-electron chi connectivity index (χ2n) is 6.97. The maximum Gasteiger partial charge on any atom is 0.0549 e. The summed E-state index contributed by atoms with van der Waals surface area (Å²) in [7, 11) is 0. The molecule has 0 radical (unpaired) electrons. The molecule has 3 aromatic rings. The number of hydrazine groups is 1. The van der Waals surface area contributed by atoms with E-state index in [-0.39, 0.29) is 5.54 Å². The van der Waals surface area contributed by atoms with Crippen molar-refractivity contribution in [2.45, 2.75) is 32.2 Å². The molecule has 0 unspecified atom stereocenters. The number of hydrogen-bond acceptors (Lipinski definition) is 2. The molecule has 0 fully saturated rings. The van der Waals surface area contributed by atoms with Crippen LogP contribution in [0.25, 0.3) is 10.8 Å². The minimum Gasteiger partial charge on any atom is -0.268 e. The highest BCUT2D eigenvalue weighted by Gasteiger charge is 2.27. The highest BCUT2D eigenvalue weighted by atomic mass is 35.5. The van der Waals surface area contributed by atoms with Gasteiger partial charge in [0.2, 0.25) is 0 Å². The average molecular weight is 353 g/mol. The van der Waals surface area contributed by atoms with Crippen molar-refractivity contribution < 1.29 is 0 Å². The van der Waals surface area contributed by atoms with E-state index in [4.69, 9.17) is 17.4 Å². The minimum absolute atomic E-state index is 0.249. The Morgan fingerprint density at radius 1 is 0.920 bits per heavy atom. The minimum atomic E-state index is -0.249. The molecule has 2 nitrogen and oxygen atoms in total. The van der Waals surface area contributed by atoms with Crippen LogP contribution in [0.5, 0.6) is 0 Å². The molecule has 0 aliphatic heterocycles. The van der Waals surface area contributed by atoms with Crippen molar-refractivity contribution in [2.75, 3.05) is 6.54 Å². The molecule has 25 heavy (non-hydrogen) atoms. The van der Waals surface area contributed by atoms with Gasteiger partial charge in [-0.25, -0.2) is 5.01 Å². The van der Waals surface area contributed by atoms with Gasteiger partial charge in [-0.15, -0.1) is 0 Å². The van der Waals surface area contributed by atoms with Crippen molar-refractivity contribution >= 4 is 22.4 Å². The summed E-state index contributed by atoms with van der Waals surface area (Å²) in [5, 5.41) is 5.29. The number of benzene rings is 3. The van der Waals surface area contributed by atoms with E-state index >= 15 is 0 Å². The van der Waals surface area contributed by atoms with Gasteiger partial charge in [-0.3, -0.25) is 5.84 Å². The quantitative estimate of drug-likeness (QED) is 0.466. The molecule has 0 spiro atoms. The van der Waals surface area contributed by atoms with Crippen molar-refractivity contribution in [2.24, 2.45) is 5.84 Å². The van der Waals surface area contributed by atoms with Crippen LogP contribution in [0.2, 0.25) is 5.02 Å². The van der Waals surface area contributed by atoms with Crippen molar-refractivity contribution in [3.63, 3.8) is 0 Å². The Kier molecular flexibility index (Phi) is 5.43. The van der Waals surface area contributed by atoms with Gasteiger partial charge in [0.15, 0.2) is 0 Å². The fourth-order valence-electron chi connectivity index (χ4n) is 3.33. The van der Waals surface area contributed by atoms with Crippen LogP contribution in [-0.4, -0.2) is 11.6 Å². The fraction of sp³-hybridized carbons (Fsp3) is 0.273. The van der Waals surface area contributed by atoms with Crippen LogP contribution in [0.3, 0.4) is 0 Å². The number of rotatable bonds is 6. The molecular weight excluding hydrogens is 328 g/mol. The van der Waals surface area contributed by atoms with E-state index in [2.05, 4.69) is 62.4 Å². The largest absolute Gasteiger partial charge is 0.268 e. The van der Waals surface area contributed by atoms with Crippen LogP contribution in [0, 0.1) is 0 Å². The smallest absolute Gasteiger partial charge is 0.0549 e. The predicted molar refractivity (Wildman–Crippen MR) is 108 cm³/mol. The Labute approximate surface area is 155 Å². The van der Waals surface area contributed by atoms with E-state index in [1.807, 2.05) is 23.2 Å². The van der Waals surface area contributed by atoms with Gasteiger partial charge in [0.25, 0.3) is 0 Å². The Morgan fingerprint density at radius 2 is 1.60 bits per heavy atom. The number of nitrogens with zero attached hydrogens (tertiary/aromatic N) is 1. The molecule has 0 bridgehead atoms. The highest BCUT2D eigenvalue weighted by molar-refractivity contribution is 6.31. The predicted octanol–water partition coefficient (Wildman–Crippen LogP) is 5.54. The lowest BCUT2D eigenvalue weighted by molar-refractivity contribution is 0.120. The second-order valence-corrected chi connectivity index (χ2v) is 7.38. The topological polar surface area (TPSA) is 29.3 Å². The zero-order chi connectivity index (χ0) is 17.9. The van der Waals surface area contributed by atoms with Crippen LogP contribution in [0.15, 0.2) is 66.7 Å². The first-order chi connectivity index (χ1) is 12.0. The summed E-state index contributed by atoms with van der Waals surface area (Å²) in [6, 6.07) is 22.9. The van der Waals surface area contributed by atoms with Crippen LogP contribution in [0.4, 0.5) is 0 Å². The second kappa shape index (κ2) is 7.57. The van der Waals surface area contributed by atoms with Crippen molar-refractivity contribution in [3.8, 4) is 0 Å². The number of hydrogen-bond donors (Lipinski definition) is 1. The van der Waals surface area contributed by atoms with E-state index in [1.54, 1.807) is 0 Å². The average Bonchev–Trinajstić information content (AvgIpc) is 2.62. The molecular formula is C22H25ClN2. The standard InChI is InChI=1S/C22H25ClN2/c1-22(2,20-14-7-11-17-9-3-5-13-19(17)20)25(24)16-8-12-18-10-4-6-15-21(18)23/h3-7,9-11,13-15H,8,12,16,24H2,1-2H3. The maximum absolute atomic E-state index is 6.48. The van der Waals surface area contributed by atoms with E-state index in [0.717, 1.165) is 24.4 Å². The van der Waals surface area contributed by atoms with Crippen LogP contribution in [0.1, 0.15) is 31.4 Å². The molecule has 0 aliphatic carbocycles. The SMILES string of the molecule is CC(C)(c1cccc2ccccc12)N(N)CCCc1ccccc1Cl. The van der Waals surface area contributed by atoms with Gasteiger partial charge in [0, 0.05) is 11.6 Å². The first-order valence-corrected chi connectivity index (χ1v) is 9.12. The number of aryl methyl sites for hydroxylation is 1. The number of nitrogens with two attached hydrogens (primary N) is 1. The monoisotopic (exact) mass is 352 g/mol. The summed E-state index contributed by atoms with van der Waals surface area (Å²) in [6.07, 6.45) is 1.90. The Morgan fingerprint density at radius 3 is 2.40 bits per heavy atom. The van der Waals surface area contributed by atoms with Gasteiger partial charge >= 0.3 is 0 Å². The first kappa shape index (κ1) is 17.9. The summed E-state index contributed by atoms with van der Waals surface area (Å²) in [6.45, 7) is 5.18. The molecule has 2 N–H and O–H groups in total. The van der Waals surface area contributed by atoms with Crippen molar-refractivity contribution in [3.05, 3.63) is 82.9 Å². The summed E-state index contributed by atoms with van der Waals surface area (Å²) >= 11 is 6.25. The van der Waals surface area contributed by atoms with Gasteiger partial charge in [0.1, 0.15) is 0 Å².